The highest BCUT2D eigenvalue weighted by Crippen LogP contribution is 2.52. The lowest BCUT2D eigenvalue weighted by atomic mass is 9.85. The van der Waals surface area contributed by atoms with Gasteiger partial charge in [-0.15, -0.1) is 11.3 Å². The number of aromatic hydroxyl groups is 2. The highest BCUT2D eigenvalue weighted by molar-refractivity contribution is 7.10. The average molecular weight is 435 g/mol. The first-order valence-electron chi connectivity index (χ1n) is 8.44. The standard InChI is InChI=1S/C21H10F5NO2S/c22-19-10(1-2-16(29)20(19)23)14-7-12-13(5-9(28)6-15(12)21(24,25)26)18(14)11-3-4-30-17(11)8-27/h1-7,18,28-29H. The Kier molecular flexibility index (Phi) is 4.55. The molecule has 9 heteroatoms. The summed E-state index contributed by atoms with van der Waals surface area (Å²) in [6.45, 7) is 0. The predicted octanol–water partition coefficient (Wildman–Crippen LogP) is 6.01. The second-order valence-corrected chi connectivity index (χ2v) is 7.52. The average Bonchev–Trinajstić information content (AvgIpc) is 3.28. The second-order valence-electron chi connectivity index (χ2n) is 6.60. The van der Waals surface area contributed by atoms with E-state index in [0.717, 1.165) is 35.6 Å². The number of halogens is 5. The van der Waals surface area contributed by atoms with Crippen molar-refractivity contribution in [2.45, 2.75) is 12.1 Å². The summed E-state index contributed by atoms with van der Waals surface area (Å²) in [4.78, 5) is 0.190. The SMILES string of the molecule is N#Cc1sccc1C1C(c2ccc(O)c(F)c2F)=Cc2c1cc(O)cc2C(F)(F)F. The molecule has 0 bridgehead atoms. The molecule has 0 amide bonds. The monoisotopic (exact) mass is 435 g/mol. The number of rotatable bonds is 2. The van der Waals surface area contributed by atoms with Crippen LogP contribution in [0.3, 0.4) is 0 Å². The molecular weight excluding hydrogens is 425 g/mol. The molecule has 0 radical (unpaired) electrons. The molecule has 1 aromatic heterocycles. The van der Waals surface area contributed by atoms with Crippen LogP contribution in [0.1, 0.15) is 38.6 Å². The minimum Gasteiger partial charge on any atom is -0.508 e. The number of allylic oxidation sites excluding steroid dienone is 1. The Bertz CT molecular complexity index is 1250. The number of fused-ring (bicyclic) bond motifs is 1. The number of hydrogen-bond donors (Lipinski definition) is 2. The van der Waals surface area contributed by atoms with Gasteiger partial charge in [0.25, 0.3) is 0 Å². The topological polar surface area (TPSA) is 64.2 Å². The van der Waals surface area contributed by atoms with Crippen molar-refractivity contribution in [1.29, 1.82) is 5.26 Å². The highest BCUT2D eigenvalue weighted by Gasteiger charge is 2.40. The Morgan fingerprint density at radius 3 is 2.40 bits per heavy atom. The quantitative estimate of drug-likeness (QED) is 0.485. The van der Waals surface area contributed by atoms with Crippen LogP contribution in [0.5, 0.6) is 11.5 Å². The van der Waals surface area contributed by atoms with Crippen molar-refractivity contribution in [3.63, 3.8) is 0 Å². The number of phenols is 2. The third kappa shape index (κ3) is 3.00. The van der Waals surface area contributed by atoms with Gasteiger partial charge in [-0.3, -0.25) is 0 Å². The molecule has 2 aromatic carbocycles. The maximum atomic E-state index is 14.6. The van der Waals surface area contributed by atoms with Crippen LogP contribution < -0.4 is 0 Å². The number of nitrogens with zero attached hydrogens (tertiary/aromatic N) is 1. The van der Waals surface area contributed by atoms with E-state index in [1.54, 1.807) is 5.38 Å². The van der Waals surface area contributed by atoms with Crippen LogP contribution in [-0.2, 0) is 6.18 Å². The summed E-state index contributed by atoms with van der Waals surface area (Å²) in [7, 11) is 0. The summed E-state index contributed by atoms with van der Waals surface area (Å²) in [5, 5.41) is 30.3. The van der Waals surface area contributed by atoms with E-state index >= 15 is 0 Å². The molecule has 0 aliphatic heterocycles. The summed E-state index contributed by atoms with van der Waals surface area (Å²) in [6.07, 6.45) is -3.74. The van der Waals surface area contributed by atoms with Crippen molar-refractivity contribution in [2.24, 2.45) is 0 Å². The van der Waals surface area contributed by atoms with Gasteiger partial charge < -0.3 is 10.2 Å². The van der Waals surface area contributed by atoms with Crippen LogP contribution in [0.15, 0.2) is 35.7 Å². The highest BCUT2D eigenvalue weighted by atomic mass is 32.1. The van der Waals surface area contributed by atoms with E-state index in [1.807, 2.05) is 6.07 Å². The van der Waals surface area contributed by atoms with Gasteiger partial charge in [-0.25, -0.2) is 4.39 Å². The molecule has 3 nitrogen and oxygen atoms in total. The molecule has 1 unspecified atom stereocenters. The molecule has 152 valence electrons. The molecule has 0 fully saturated rings. The first kappa shape index (κ1) is 19.9. The maximum Gasteiger partial charge on any atom is 0.417 e. The van der Waals surface area contributed by atoms with Gasteiger partial charge in [-0.1, -0.05) is 0 Å². The fraction of sp³-hybridized carbons (Fsp3) is 0.0952. The van der Waals surface area contributed by atoms with E-state index in [0.29, 0.717) is 11.6 Å². The Hall–Kier alpha value is -3.38. The summed E-state index contributed by atoms with van der Waals surface area (Å²) >= 11 is 1.05. The predicted molar refractivity (Wildman–Crippen MR) is 99.9 cm³/mol. The van der Waals surface area contributed by atoms with Crippen LogP contribution in [0.2, 0.25) is 0 Å². The van der Waals surface area contributed by atoms with E-state index in [-0.39, 0.29) is 27.1 Å². The first-order chi connectivity index (χ1) is 14.1. The lowest BCUT2D eigenvalue weighted by Crippen LogP contribution is -2.09. The number of nitriles is 1. The van der Waals surface area contributed by atoms with Crippen LogP contribution >= 0.6 is 11.3 Å². The molecule has 0 saturated carbocycles. The van der Waals surface area contributed by atoms with Crippen LogP contribution in [-0.4, -0.2) is 10.2 Å². The van der Waals surface area contributed by atoms with Crippen LogP contribution in [0.4, 0.5) is 22.0 Å². The molecule has 1 heterocycles. The molecule has 30 heavy (non-hydrogen) atoms. The van der Waals surface area contributed by atoms with E-state index in [9.17, 15) is 37.4 Å². The molecule has 0 saturated heterocycles. The van der Waals surface area contributed by atoms with Gasteiger partial charge in [0.15, 0.2) is 11.6 Å². The fourth-order valence-corrected chi connectivity index (χ4v) is 4.39. The second kappa shape index (κ2) is 6.85. The number of phenolic OH excluding ortho intramolecular Hbond substituents is 2. The molecular formula is C21H10F5NO2S. The van der Waals surface area contributed by atoms with Crippen molar-refractivity contribution in [1.82, 2.24) is 0 Å². The smallest absolute Gasteiger partial charge is 0.417 e. The summed E-state index contributed by atoms with van der Waals surface area (Å²) < 4.78 is 69.5. The van der Waals surface area contributed by atoms with Gasteiger partial charge >= 0.3 is 6.18 Å². The third-order valence-electron chi connectivity index (χ3n) is 4.91. The van der Waals surface area contributed by atoms with Crippen molar-refractivity contribution in [3.8, 4) is 17.6 Å². The largest absolute Gasteiger partial charge is 0.508 e. The third-order valence-corrected chi connectivity index (χ3v) is 5.74. The number of alkyl halides is 3. The Labute approximate surface area is 170 Å². The zero-order valence-electron chi connectivity index (χ0n) is 14.8. The lowest BCUT2D eigenvalue weighted by molar-refractivity contribution is -0.137. The molecule has 1 atom stereocenters. The van der Waals surface area contributed by atoms with Crippen LogP contribution in [0.25, 0.3) is 11.6 Å². The van der Waals surface area contributed by atoms with Crippen molar-refractivity contribution < 1.29 is 32.2 Å². The fourth-order valence-electron chi connectivity index (χ4n) is 3.67. The molecule has 2 N–H and O–H groups in total. The summed E-state index contributed by atoms with van der Waals surface area (Å²) in [5.74, 6) is -5.59. The van der Waals surface area contributed by atoms with Gasteiger partial charge in [0.2, 0.25) is 5.82 Å². The molecule has 1 aliphatic rings. The minimum atomic E-state index is -4.81. The Morgan fingerprint density at radius 1 is 1.00 bits per heavy atom. The minimum absolute atomic E-state index is 0.0140. The molecule has 4 rings (SSSR count). The van der Waals surface area contributed by atoms with Crippen molar-refractivity contribution in [3.05, 3.63) is 80.0 Å². The van der Waals surface area contributed by atoms with Gasteiger partial charge in [0.1, 0.15) is 16.7 Å². The number of thiophene rings is 1. The molecule has 3 aromatic rings. The van der Waals surface area contributed by atoms with Gasteiger partial charge in [0.05, 0.1) is 5.56 Å². The van der Waals surface area contributed by atoms with Crippen LogP contribution in [0, 0.1) is 23.0 Å². The molecule has 1 aliphatic carbocycles. The maximum absolute atomic E-state index is 14.6. The number of benzene rings is 2. The van der Waals surface area contributed by atoms with Crippen molar-refractivity contribution in [2.75, 3.05) is 0 Å². The first-order valence-corrected chi connectivity index (χ1v) is 9.32. The van der Waals surface area contributed by atoms with E-state index in [2.05, 4.69) is 0 Å². The zero-order valence-corrected chi connectivity index (χ0v) is 15.6. The van der Waals surface area contributed by atoms with E-state index in [1.165, 1.54) is 6.07 Å². The van der Waals surface area contributed by atoms with Crippen molar-refractivity contribution >= 4 is 23.0 Å². The van der Waals surface area contributed by atoms with Gasteiger partial charge in [-0.2, -0.15) is 22.8 Å². The Morgan fingerprint density at radius 2 is 1.73 bits per heavy atom. The normalized spacial score (nSPS) is 15.6. The van der Waals surface area contributed by atoms with Gasteiger partial charge in [0, 0.05) is 11.5 Å². The lowest BCUT2D eigenvalue weighted by Gasteiger charge is -2.19. The molecule has 0 spiro atoms. The zero-order chi connectivity index (χ0) is 21.8. The summed E-state index contributed by atoms with van der Waals surface area (Å²) in [5.41, 5.74) is -1.49. The Balaban J connectivity index is 2.06. The summed E-state index contributed by atoms with van der Waals surface area (Å²) in [6, 6.07) is 7.10. The van der Waals surface area contributed by atoms with E-state index < -0.39 is 40.8 Å². The van der Waals surface area contributed by atoms with E-state index in [4.69, 9.17) is 0 Å². The number of hydrogen-bond acceptors (Lipinski definition) is 4. The van der Waals surface area contributed by atoms with Gasteiger partial charge in [-0.05, 0) is 64.1 Å².